The van der Waals surface area contributed by atoms with Gasteiger partial charge in [0.1, 0.15) is 11.6 Å². The van der Waals surface area contributed by atoms with Crippen molar-refractivity contribution in [2.75, 3.05) is 4.90 Å². The predicted octanol–water partition coefficient (Wildman–Crippen LogP) is 4.23. The summed E-state index contributed by atoms with van der Waals surface area (Å²) >= 11 is 6.05. The first-order valence-electron chi connectivity index (χ1n) is 9.65. The summed E-state index contributed by atoms with van der Waals surface area (Å²) in [5.74, 6) is -0.0675. The number of fused-ring (bicyclic) bond motifs is 1. The van der Waals surface area contributed by atoms with Gasteiger partial charge in [-0.3, -0.25) is 19.8 Å². The minimum Gasteiger partial charge on any atom is -0.384 e. The molecule has 0 saturated heterocycles. The average Bonchev–Trinajstić information content (AvgIpc) is 2.77. The summed E-state index contributed by atoms with van der Waals surface area (Å²) in [6.07, 6.45) is 0. The van der Waals surface area contributed by atoms with Gasteiger partial charge in [0.15, 0.2) is 5.43 Å². The molecular weight excluding hydrogens is 430 g/mol. The van der Waals surface area contributed by atoms with E-state index in [1.54, 1.807) is 41.3 Å². The molecule has 0 amide bonds. The van der Waals surface area contributed by atoms with Crippen molar-refractivity contribution in [1.29, 1.82) is 5.26 Å². The molecule has 0 bridgehead atoms. The zero-order valence-corrected chi connectivity index (χ0v) is 18.0. The van der Waals surface area contributed by atoms with Crippen molar-refractivity contribution in [3.8, 4) is 6.07 Å². The predicted molar refractivity (Wildman–Crippen MR) is 122 cm³/mol. The van der Waals surface area contributed by atoms with Crippen LogP contribution in [0.25, 0.3) is 0 Å². The summed E-state index contributed by atoms with van der Waals surface area (Å²) in [5, 5.41) is 21.6. The van der Waals surface area contributed by atoms with Gasteiger partial charge in [-0.05, 0) is 36.8 Å². The third kappa shape index (κ3) is 3.29. The summed E-state index contributed by atoms with van der Waals surface area (Å²) in [6, 6.07) is 16.4. The number of nitriles is 1. The Kier molecular flexibility index (Phi) is 5.20. The average molecular weight is 448 g/mol. The van der Waals surface area contributed by atoms with Crippen LogP contribution in [0.3, 0.4) is 0 Å². The van der Waals surface area contributed by atoms with Gasteiger partial charge >= 0.3 is 0 Å². The number of hydrogen-bond donors (Lipinski definition) is 1. The molecule has 4 rings (SSSR count). The third-order valence-electron chi connectivity index (χ3n) is 5.64. The maximum Gasteiger partial charge on any atom is 0.269 e. The molecule has 2 N–H and O–H groups in total. The van der Waals surface area contributed by atoms with Crippen molar-refractivity contribution in [1.82, 2.24) is 4.57 Å². The normalized spacial score (nSPS) is 15.3. The van der Waals surface area contributed by atoms with E-state index in [1.165, 1.54) is 18.2 Å². The third-order valence-corrected chi connectivity index (χ3v) is 5.89. The molecule has 2 aromatic carbocycles. The van der Waals surface area contributed by atoms with Gasteiger partial charge in [-0.15, -0.1) is 0 Å². The van der Waals surface area contributed by atoms with Crippen LogP contribution in [0.5, 0.6) is 0 Å². The lowest BCUT2D eigenvalue weighted by Crippen LogP contribution is -2.37. The molecule has 0 aliphatic carbocycles. The number of halogens is 1. The molecule has 9 heteroatoms. The fourth-order valence-corrected chi connectivity index (χ4v) is 4.11. The molecule has 8 nitrogen and oxygen atoms in total. The zero-order valence-electron chi connectivity index (χ0n) is 17.2. The van der Waals surface area contributed by atoms with E-state index in [0.717, 1.165) is 0 Å². The van der Waals surface area contributed by atoms with Crippen molar-refractivity contribution in [2.45, 2.75) is 12.8 Å². The van der Waals surface area contributed by atoms with E-state index in [-0.39, 0.29) is 22.5 Å². The molecule has 0 fully saturated rings. The quantitative estimate of drug-likeness (QED) is 0.474. The van der Waals surface area contributed by atoms with E-state index >= 15 is 0 Å². The van der Waals surface area contributed by atoms with Gasteiger partial charge in [-0.25, -0.2) is 0 Å². The Labute approximate surface area is 188 Å². The van der Waals surface area contributed by atoms with E-state index in [4.69, 9.17) is 17.3 Å². The number of nitrogens with two attached hydrogens (primary N) is 1. The van der Waals surface area contributed by atoms with E-state index in [9.17, 15) is 20.2 Å². The lowest BCUT2D eigenvalue weighted by Gasteiger charge is -2.37. The molecule has 1 aliphatic rings. The maximum absolute atomic E-state index is 13.3. The molecule has 160 valence electrons. The van der Waals surface area contributed by atoms with Crippen LogP contribution in [0.4, 0.5) is 17.2 Å². The summed E-state index contributed by atoms with van der Waals surface area (Å²) in [6.45, 7) is 1.81. The number of hydrogen-bond acceptors (Lipinski definition) is 6. The first-order chi connectivity index (χ1) is 15.2. The molecule has 0 saturated carbocycles. The number of pyridine rings is 1. The van der Waals surface area contributed by atoms with Gasteiger partial charge in [0.2, 0.25) is 0 Å². The molecular formula is C23H18ClN5O3. The monoisotopic (exact) mass is 447 g/mol. The summed E-state index contributed by atoms with van der Waals surface area (Å²) in [7, 11) is 1.81. The number of nitro benzene ring substituents is 1. The Bertz CT molecular complexity index is 1370. The summed E-state index contributed by atoms with van der Waals surface area (Å²) in [5.41, 5.74) is 8.65. The fourth-order valence-electron chi connectivity index (χ4n) is 3.99. The second kappa shape index (κ2) is 7.87. The van der Waals surface area contributed by atoms with Crippen LogP contribution >= 0.6 is 11.6 Å². The smallest absolute Gasteiger partial charge is 0.269 e. The largest absolute Gasteiger partial charge is 0.384 e. The van der Waals surface area contributed by atoms with Crippen LogP contribution in [-0.4, -0.2) is 9.49 Å². The molecule has 32 heavy (non-hydrogen) atoms. The van der Waals surface area contributed by atoms with Gasteiger partial charge in [-0.1, -0.05) is 23.7 Å². The van der Waals surface area contributed by atoms with Gasteiger partial charge in [-0.2, -0.15) is 5.26 Å². The van der Waals surface area contributed by atoms with E-state index in [0.29, 0.717) is 33.3 Å². The summed E-state index contributed by atoms with van der Waals surface area (Å²) < 4.78 is 1.84. The van der Waals surface area contributed by atoms with E-state index in [2.05, 4.69) is 6.07 Å². The van der Waals surface area contributed by atoms with Crippen molar-refractivity contribution < 1.29 is 4.92 Å². The number of nitrogens with zero attached hydrogens (tertiary/aromatic N) is 4. The highest BCUT2D eigenvalue weighted by Crippen LogP contribution is 2.45. The van der Waals surface area contributed by atoms with Crippen LogP contribution in [-0.2, 0) is 7.05 Å². The summed E-state index contributed by atoms with van der Waals surface area (Å²) in [4.78, 5) is 25.5. The Morgan fingerprint density at radius 2 is 1.78 bits per heavy atom. The SMILES string of the molecule is Cc1cc(=O)c2c(n1C)N(c1ccc(Cl)cc1)C(N)=C(C#N)C2c1ccc([N+](=O)[O-])cc1. The minimum atomic E-state index is -0.765. The number of aryl methyl sites for hydroxylation is 1. The molecule has 0 radical (unpaired) electrons. The zero-order chi connectivity index (χ0) is 23.2. The van der Waals surface area contributed by atoms with E-state index < -0.39 is 10.8 Å². The highest BCUT2D eigenvalue weighted by Gasteiger charge is 2.37. The number of non-ortho nitro benzene ring substituents is 1. The minimum absolute atomic E-state index is 0.0835. The van der Waals surface area contributed by atoms with Crippen molar-refractivity contribution in [3.05, 3.63) is 108 Å². The molecule has 1 aliphatic heterocycles. The number of aromatic nitrogens is 1. The van der Waals surface area contributed by atoms with E-state index in [1.807, 2.05) is 18.5 Å². The van der Waals surface area contributed by atoms with Gasteiger partial charge in [0.25, 0.3) is 5.69 Å². The second-order valence-corrected chi connectivity index (χ2v) is 7.89. The molecule has 1 aromatic heterocycles. The Morgan fingerprint density at radius 3 is 2.34 bits per heavy atom. The Hall–Kier alpha value is -4.09. The van der Waals surface area contributed by atoms with Gasteiger partial charge in [0.05, 0.1) is 28.0 Å². The Balaban J connectivity index is 2.05. The highest BCUT2D eigenvalue weighted by molar-refractivity contribution is 6.30. The maximum atomic E-state index is 13.3. The standard InChI is InChI=1S/C23H18ClN5O3/c1-13-11-19(30)21-20(14-3-7-17(8-4-14)29(31)32)18(12-25)22(26)28(23(21)27(13)2)16-9-5-15(24)6-10-16/h3-11,20H,26H2,1-2H3. The van der Waals surface area contributed by atoms with Gasteiger partial charge in [0, 0.05) is 41.7 Å². The first kappa shape index (κ1) is 21.2. The van der Waals surface area contributed by atoms with Crippen LogP contribution in [0.1, 0.15) is 22.7 Å². The fraction of sp³-hybridized carbons (Fsp3) is 0.130. The van der Waals surface area contributed by atoms with Crippen LogP contribution < -0.4 is 16.1 Å². The highest BCUT2D eigenvalue weighted by atomic mass is 35.5. The van der Waals surface area contributed by atoms with Gasteiger partial charge < -0.3 is 10.3 Å². The van der Waals surface area contributed by atoms with Crippen molar-refractivity contribution >= 4 is 28.8 Å². The van der Waals surface area contributed by atoms with Crippen LogP contribution in [0.15, 0.2) is 70.8 Å². The number of benzene rings is 2. The lowest BCUT2D eigenvalue weighted by atomic mass is 9.82. The molecule has 3 aromatic rings. The Morgan fingerprint density at radius 1 is 1.16 bits per heavy atom. The number of allylic oxidation sites excluding steroid dienone is 1. The van der Waals surface area contributed by atoms with Crippen LogP contribution in [0, 0.1) is 28.4 Å². The van der Waals surface area contributed by atoms with Crippen molar-refractivity contribution in [3.63, 3.8) is 0 Å². The lowest BCUT2D eigenvalue weighted by molar-refractivity contribution is -0.384. The molecule has 2 heterocycles. The molecule has 1 atom stereocenters. The topological polar surface area (TPSA) is 118 Å². The number of rotatable bonds is 3. The van der Waals surface area contributed by atoms with Crippen LogP contribution in [0.2, 0.25) is 5.02 Å². The number of nitro groups is 1. The molecule has 1 unspecified atom stereocenters. The first-order valence-corrected chi connectivity index (χ1v) is 10.0. The second-order valence-electron chi connectivity index (χ2n) is 7.45. The van der Waals surface area contributed by atoms with Crippen molar-refractivity contribution in [2.24, 2.45) is 12.8 Å². The number of anilines is 2. The molecule has 0 spiro atoms.